The van der Waals surface area contributed by atoms with E-state index in [2.05, 4.69) is 79.7 Å². The molecule has 130 valence electrons. The summed E-state index contributed by atoms with van der Waals surface area (Å²) in [5.74, 6) is 0. The molecule has 0 bridgehead atoms. The van der Waals surface area contributed by atoms with Crippen LogP contribution in [0.3, 0.4) is 0 Å². The molecule has 3 aromatic carbocycles. The maximum Gasteiger partial charge on any atom is 0.0715 e. The fraction of sp³-hybridized carbons (Fsp3) is 0.240. The molecule has 0 radical (unpaired) electrons. The predicted molar refractivity (Wildman–Crippen MR) is 113 cm³/mol. The Morgan fingerprint density at radius 3 is 1.88 bits per heavy atom. The Kier molecular flexibility index (Phi) is 4.97. The Bertz CT molecular complexity index is 961. The van der Waals surface area contributed by atoms with Crippen LogP contribution in [0.5, 0.6) is 0 Å². The topological polar surface area (TPSA) is 12.9 Å². The molecule has 0 atom stereocenters. The van der Waals surface area contributed by atoms with Crippen molar-refractivity contribution in [1.29, 1.82) is 0 Å². The summed E-state index contributed by atoms with van der Waals surface area (Å²) in [4.78, 5) is 4.84. The summed E-state index contributed by atoms with van der Waals surface area (Å²) < 4.78 is 0. The minimum Gasteiger partial charge on any atom is -0.248 e. The molecule has 4 rings (SSSR count). The van der Waals surface area contributed by atoms with E-state index in [4.69, 9.17) is 4.98 Å². The summed E-state index contributed by atoms with van der Waals surface area (Å²) in [5, 5.41) is 2.45. The molecule has 0 N–H and O–H groups in total. The van der Waals surface area contributed by atoms with Crippen molar-refractivity contribution in [2.24, 2.45) is 0 Å². The number of benzene rings is 3. The van der Waals surface area contributed by atoms with Gasteiger partial charge in [-0.25, -0.2) is 4.98 Å². The quantitative estimate of drug-likeness (QED) is 0.268. The minimum absolute atomic E-state index is 1.06. The molecule has 0 aliphatic rings. The molecule has 0 unspecified atom stereocenters. The number of pyridine rings is 1. The van der Waals surface area contributed by atoms with Gasteiger partial charge in [0.05, 0.1) is 11.0 Å². The normalized spacial score (nSPS) is 11.3. The van der Waals surface area contributed by atoms with Crippen molar-refractivity contribution >= 4 is 21.8 Å². The second-order valence-corrected chi connectivity index (χ2v) is 7.03. The van der Waals surface area contributed by atoms with Crippen molar-refractivity contribution < 1.29 is 0 Å². The van der Waals surface area contributed by atoms with Crippen LogP contribution in [0.1, 0.15) is 38.2 Å². The number of nitrogens with zero attached hydrogens (tertiary/aromatic N) is 1. The van der Waals surface area contributed by atoms with Gasteiger partial charge in [0.2, 0.25) is 0 Å². The number of para-hydroxylation sites is 2. The maximum absolute atomic E-state index is 4.84. The largest absolute Gasteiger partial charge is 0.248 e. The highest BCUT2D eigenvalue weighted by Gasteiger charge is 2.10. The average molecular weight is 339 g/mol. The van der Waals surface area contributed by atoms with Crippen molar-refractivity contribution in [2.45, 2.75) is 39.0 Å². The van der Waals surface area contributed by atoms with Gasteiger partial charge in [-0.1, -0.05) is 86.8 Å². The van der Waals surface area contributed by atoms with Crippen LogP contribution in [0.4, 0.5) is 0 Å². The smallest absolute Gasteiger partial charge is 0.0715 e. The van der Waals surface area contributed by atoms with Gasteiger partial charge in [0, 0.05) is 16.3 Å². The molecule has 0 saturated heterocycles. The van der Waals surface area contributed by atoms with E-state index < -0.39 is 0 Å². The molecule has 26 heavy (non-hydrogen) atoms. The number of aryl methyl sites for hydroxylation is 1. The Balaban J connectivity index is 1.75. The zero-order valence-electron chi connectivity index (χ0n) is 15.4. The highest BCUT2D eigenvalue weighted by Crippen LogP contribution is 2.34. The van der Waals surface area contributed by atoms with Crippen LogP contribution in [-0.4, -0.2) is 4.98 Å². The van der Waals surface area contributed by atoms with Gasteiger partial charge >= 0.3 is 0 Å². The van der Waals surface area contributed by atoms with Crippen LogP contribution in [0, 0.1) is 0 Å². The van der Waals surface area contributed by atoms with Gasteiger partial charge in [0.25, 0.3) is 0 Å². The lowest BCUT2D eigenvalue weighted by Crippen LogP contribution is -1.90. The van der Waals surface area contributed by atoms with E-state index in [1.54, 1.807) is 0 Å². The lowest BCUT2D eigenvalue weighted by atomic mass is 9.95. The van der Waals surface area contributed by atoms with E-state index in [9.17, 15) is 0 Å². The molecule has 1 heteroatoms. The summed E-state index contributed by atoms with van der Waals surface area (Å²) in [6.45, 7) is 2.26. The molecule has 0 amide bonds. The van der Waals surface area contributed by atoms with Crippen molar-refractivity contribution in [3.63, 3.8) is 0 Å². The van der Waals surface area contributed by atoms with E-state index in [-0.39, 0.29) is 0 Å². The van der Waals surface area contributed by atoms with Gasteiger partial charge in [-0.3, -0.25) is 0 Å². The maximum atomic E-state index is 4.84. The Hall–Kier alpha value is -2.67. The second kappa shape index (κ2) is 7.70. The number of fused-ring (bicyclic) bond motifs is 2. The van der Waals surface area contributed by atoms with Gasteiger partial charge in [-0.2, -0.15) is 0 Å². The molecule has 0 aliphatic carbocycles. The number of hydrogen-bond acceptors (Lipinski definition) is 1. The lowest BCUT2D eigenvalue weighted by molar-refractivity contribution is 0.667. The average Bonchev–Trinajstić information content (AvgIpc) is 2.70. The summed E-state index contributed by atoms with van der Waals surface area (Å²) in [5.41, 5.74) is 6.13. The number of unbranched alkanes of at least 4 members (excludes halogenated alkanes) is 3. The molecule has 1 heterocycles. The predicted octanol–water partition coefficient (Wildman–Crippen LogP) is 7.18. The third-order valence-corrected chi connectivity index (χ3v) is 5.15. The molecular formula is C25H25N. The lowest BCUT2D eigenvalue weighted by Gasteiger charge is -2.12. The van der Waals surface area contributed by atoms with Gasteiger partial charge in [-0.05, 0) is 36.1 Å². The van der Waals surface area contributed by atoms with Crippen molar-refractivity contribution in [2.75, 3.05) is 0 Å². The Labute approximate surface area is 155 Å². The fourth-order valence-electron chi connectivity index (χ4n) is 3.74. The monoisotopic (exact) mass is 339 g/mol. The van der Waals surface area contributed by atoms with Crippen LogP contribution in [0.15, 0.2) is 72.8 Å². The standard InChI is InChI=1S/C25H25N/c1-2-3-4-5-10-19-15-17-20(18-16-19)25-21-11-6-8-13-23(21)26-24-14-9-7-12-22(24)25/h6-9,11-18H,2-5,10H2,1H3. The molecular weight excluding hydrogens is 314 g/mol. The molecule has 0 fully saturated rings. The summed E-state index contributed by atoms with van der Waals surface area (Å²) in [6, 6.07) is 26.1. The molecule has 1 aromatic heterocycles. The van der Waals surface area contributed by atoms with Gasteiger partial charge in [0.1, 0.15) is 0 Å². The number of aromatic nitrogens is 1. The zero-order valence-corrected chi connectivity index (χ0v) is 15.4. The first kappa shape index (κ1) is 16.8. The van der Waals surface area contributed by atoms with Crippen LogP contribution in [-0.2, 0) is 6.42 Å². The highest BCUT2D eigenvalue weighted by molar-refractivity contribution is 6.09. The first-order chi connectivity index (χ1) is 12.9. The Morgan fingerprint density at radius 2 is 1.27 bits per heavy atom. The number of hydrogen-bond donors (Lipinski definition) is 0. The fourth-order valence-corrected chi connectivity index (χ4v) is 3.74. The first-order valence-electron chi connectivity index (χ1n) is 9.73. The van der Waals surface area contributed by atoms with E-state index in [1.807, 2.05) is 0 Å². The SMILES string of the molecule is CCCCCCc1ccc(-c2c3ccccc3nc3ccccc23)cc1. The van der Waals surface area contributed by atoms with E-state index in [0.717, 1.165) is 11.0 Å². The van der Waals surface area contributed by atoms with Gasteiger partial charge < -0.3 is 0 Å². The van der Waals surface area contributed by atoms with Crippen molar-refractivity contribution in [1.82, 2.24) is 4.98 Å². The molecule has 1 nitrogen and oxygen atoms in total. The summed E-state index contributed by atoms with van der Waals surface area (Å²) in [6.07, 6.45) is 6.43. The van der Waals surface area contributed by atoms with Crippen molar-refractivity contribution in [3.05, 3.63) is 78.4 Å². The first-order valence-corrected chi connectivity index (χ1v) is 9.73. The highest BCUT2D eigenvalue weighted by atomic mass is 14.7. The summed E-state index contributed by atoms with van der Waals surface area (Å²) >= 11 is 0. The minimum atomic E-state index is 1.06. The molecule has 0 saturated carbocycles. The van der Waals surface area contributed by atoms with E-state index in [1.165, 1.54) is 59.6 Å². The second-order valence-electron chi connectivity index (χ2n) is 7.03. The molecule has 4 aromatic rings. The third-order valence-electron chi connectivity index (χ3n) is 5.15. The van der Waals surface area contributed by atoms with Crippen LogP contribution >= 0.6 is 0 Å². The van der Waals surface area contributed by atoms with Crippen LogP contribution in [0.25, 0.3) is 32.9 Å². The van der Waals surface area contributed by atoms with Crippen LogP contribution < -0.4 is 0 Å². The zero-order chi connectivity index (χ0) is 17.8. The Morgan fingerprint density at radius 1 is 0.654 bits per heavy atom. The van der Waals surface area contributed by atoms with Gasteiger partial charge in [0.15, 0.2) is 0 Å². The van der Waals surface area contributed by atoms with E-state index >= 15 is 0 Å². The van der Waals surface area contributed by atoms with Crippen LogP contribution in [0.2, 0.25) is 0 Å². The molecule has 0 aliphatic heterocycles. The van der Waals surface area contributed by atoms with Gasteiger partial charge in [-0.15, -0.1) is 0 Å². The van der Waals surface area contributed by atoms with E-state index in [0.29, 0.717) is 0 Å². The molecule has 0 spiro atoms. The summed E-state index contributed by atoms with van der Waals surface area (Å²) in [7, 11) is 0. The number of rotatable bonds is 6. The third kappa shape index (κ3) is 3.35. The van der Waals surface area contributed by atoms with Crippen molar-refractivity contribution in [3.8, 4) is 11.1 Å².